The normalized spacial score (nSPS) is 12.9. The molecular weight excluding hydrogens is 244 g/mol. The minimum atomic E-state index is -3.97. The average Bonchev–Trinajstić information content (AvgIpc) is 2.23. The Kier molecular flexibility index (Phi) is 6.36. The van der Waals surface area contributed by atoms with E-state index >= 15 is 0 Å². The van der Waals surface area contributed by atoms with Gasteiger partial charge in [-0.05, 0) is 6.42 Å². The van der Waals surface area contributed by atoms with Crippen LogP contribution in [0.3, 0.4) is 0 Å². The summed E-state index contributed by atoms with van der Waals surface area (Å²) in [6.45, 7) is 2.69. The molecule has 0 aromatic rings. The third kappa shape index (κ3) is 4.72. The Morgan fingerprint density at radius 3 is 2.12 bits per heavy atom. The van der Waals surface area contributed by atoms with Crippen LogP contribution in [0.25, 0.3) is 0 Å². The van der Waals surface area contributed by atoms with Gasteiger partial charge in [0.15, 0.2) is 5.12 Å². The number of carbonyl (C=O) groups excluding carboxylic acids is 1. The molecule has 1 nitrogen and oxygen atoms in total. The maximum Gasteiger partial charge on any atom is 0.310 e. The van der Waals surface area contributed by atoms with E-state index in [0.29, 0.717) is 6.42 Å². The number of rotatable bonds is 7. The van der Waals surface area contributed by atoms with Crippen LogP contribution in [0.1, 0.15) is 39.5 Å². The second kappa shape index (κ2) is 6.47. The molecule has 0 bridgehead atoms. The van der Waals surface area contributed by atoms with Crippen molar-refractivity contribution in [3.63, 3.8) is 0 Å². The lowest BCUT2D eigenvalue weighted by Crippen LogP contribution is -2.39. The number of thioether (sulfide) groups is 1. The van der Waals surface area contributed by atoms with Gasteiger partial charge in [-0.25, -0.2) is 0 Å². The standard InChI is InChI=1S/C10H16F4OS/c1-3-8(15)16-7-5-6-10(13,14)9(11,12)4-2/h3-7H2,1-2H3. The topological polar surface area (TPSA) is 17.1 Å². The monoisotopic (exact) mass is 260 g/mol. The molecule has 0 amide bonds. The fourth-order valence-electron chi connectivity index (χ4n) is 1.02. The highest BCUT2D eigenvalue weighted by Gasteiger charge is 2.53. The van der Waals surface area contributed by atoms with Gasteiger partial charge >= 0.3 is 11.8 Å². The van der Waals surface area contributed by atoms with Gasteiger partial charge < -0.3 is 0 Å². The van der Waals surface area contributed by atoms with Gasteiger partial charge in [0, 0.05) is 25.0 Å². The summed E-state index contributed by atoms with van der Waals surface area (Å²) in [5.41, 5.74) is 0. The lowest BCUT2D eigenvalue weighted by molar-refractivity contribution is -0.212. The first-order valence-electron chi connectivity index (χ1n) is 5.18. The van der Waals surface area contributed by atoms with E-state index in [-0.39, 0.29) is 17.3 Å². The van der Waals surface area contributed by atoms with Crippen molar-refractivity contribution in [1.82, 2.24) is 0 Å². The molecule has 0 fully saturated rings. The van der Waals surface area contributed by atoms with E-state index in [1.54, 1.807) is 6.92 Å². The number of hydrogen-bond donors (Lipinski definition) is 0. The van der Waals surface area contributed by atoms with E-state index in [9.17, 15) is 22.4 Å². The molecule has 16 heavy (non-hydrogen) atoms. The molecule has 0 aromatic carbocycles. The van der Waals surface area contributed by atoms with E-state index in [4.69, 9.17) is 0 Å². The number of alkyl halides is 4. The lowest BCUT2D eigenvalue weighted by Gasteiger charge is -2.25. The van der Waals surface area contributed by atoms with E-state index in [0.717, 1.165) is 18.7 Å². The maximum atomic E-state index is 13.0. The largest absolute Gasteiger partial charge is 0.310 e. The van der Waals surface area contributed by atoms with Crippen LogP contribution in [0.15, 0.2) is 0 Å². The second-order valence-electron chi connectivity index (χ2n) is 3.44. The van der Waals surface area contributed by atoms with Gasteiger partial charge in [0.25, 0.3) is 0 Å². The van der Waals surface area contributed by atoms with E-state index in [1.807, 2.05) is 0 Å². The summed E-state index contributed by atoms with van der Waals surface area (Å²) in [7, 11) is 0. The summed E-state index contributed by atoms with van der Waals surface area (Å²) in [6.07, 6.45) is -1.51. The van der Waals surface area contributed by atoms with Gasteiger partial charge in [-0.15, -0.1) is 0 Å². The zero-order valence-electron chi connectivity index (χ0n) is 9.36. The predicted octanol–water partition coefficient (Wildman–Crippen LogP) is 4.12. The van der Waals surface area contributed by atoms with Crippen molar-refractivity contribution in [2.24, 2.45) is 0 Å². The first-order valence-corrected chi connectivity index (χ1v) is 6.16. The maximum absolute atomic E-state index is 13.0. The number of halogens is 4. The van der Waals surface area contributed by atoms with Crippen LogP contribution >= 0.6 is 11.8 Å². The molecule has 0 spiro atoms. The summed E-state index contributed by atoms with van der Waals surface area (Å²) in [5.74, 6) is -7.76. The molecule has 0 atom stereocenters. The summed E-state index contributed by atoms with van der Waals surface area (Å²) in [5, 5.41) is -0.106. The fourth-order valence-corrected chi connectivity index (χ4v) is 1.74. The van der Waals surface area contributed by atoms with Gasteiger partial charge in [-0.1, -0.05) is 25.6 Å². The number of carbonyl (C=O) groups is 1. The molecule has 0 aliphatic carbocycles. The van der Waals surface area contributed by atoms with Crippen molar-refractivity contribution in [2.75, 3.05) is 5.75 Å². The third-order valence-electron chi connectivity index (χ3n) is 2.17. The van der Waals surface area contributed by atoms with Crippen molar-refractivity contribution in [3.05, 3.63) is 0 Å². The predicted molar refractivity (Wildman–Crippen MR) is 57.2 cm³/mol. The fraction of sp³-hybridized carbons (Fsp3) is 0.900. The van der Waals surface area contributed by atoms with E-state index in [2.05, 4.69) is 0 Å². The highest BCUT2D eigenvalue weighted by molar-refractivity contribution is 8.13. The van der Waals surface area contributed by atoms with Gasteiger partial charge in [0.2, 0.25) is 0 Å². The Balaban J connectivity index is 3.96. The quantitative estimate of drug-likeness (QED) is 0.506. The van der Waals surface area contributed by atoms with Crippen molar-refractivity contribution < 1.29 is 22.4 Å². The molecule has 0 unspecified atom stereocenters. The molecule has 0 saturated heterocycles. The van der Waals surface area contributed by atoms with Crippen LogP contribution in [0.5, 0.6) is 0 Å². The van der Waals surface area contributed by atoms with Crippen molar-refractivity contribution in [2.45, 2.75) is 51.4 Å². The Morgan fingerprint density at radius 2 is 1.69 bits per heavy atom. The molecule has 0 aromatic heterocycles. The second-order valence-corrected chi connectivity index (χ2v) is 4.59. The summed E-state index contributed by atoms with van der Waals surface area (Å²) < 4.78 is 51.4. The van der Waals surface area contributed by atoms with Crippen LogP contribution < -0.4 is 0 Å². The summed E-state index contributed by atoms with van der Waals surface area (Å²) in [6, 6.07) is 0. The Labute approximate surface area is 97.0 Å². The molecule has 96 valence electrons. The molecule has 0 aliphatic rings. The first kappa shape index (κ1) is 15.7. The van der Waals surface area contributed by atoms with Gasteiger partial charge in [-0.2, -0.15) is 17.6 Å². The first-order chi connectivity index (χ1) is 7.27. The van der Waals surface area contributed by atoms with Crippen LogP contribution in [0.4, 0.5) is 17.6 Å². The molecule has 0 saturated carbocycles. The lowest BCUT2D eigenvalue weighted by atomic mass is 10.0. The molecule has 0 N–H and O–H groups in total. The van der Waals surface area contributed by atoms with Crippen LogP contribution in [-0.4, -0.2) is 22.7 Å². The zero-order chi connectivity index (χ0) is 12.8. The third-order valence-corrected chi connectivity index (χ3v) is 3.27. The van der Waals surface area contributed by atoms with Crippen LogP contribution in [0, 0.1) is 0 Å². The van der Waals surface area contributed by atoms with Crippen molar-refractivity contribution in [1.29, 1.82) is 0 Å². The zero-order valence-corrected chi connectivity index (χ0v) is 10.2. The van der Waals surface area contributed by atoms with E-state index < -0.39 is 24.7 Å². The van der Waals surface area contributed by atoms with Crippen molar-refractivity contribution in [3.8, 4) is 0 Å². The van der Waals surface area contributed by atoms with E-state index in [1.165, 1.54) is 0 Å². The Hall–Kier alpha value is -0.260. The SMILES string of the molecule is CCC(=O)SCCCC(F)(F)C(F)(F)CC. The Morgan fingerprint density at radius 1 is 1.12 bits per heavy atom. The summed E-state index contributed by atoms with van der Waals surface area (Å²) in [4.78, 5) is 10.8. The van der Waals surface area contributed by atoms with Crippen molar-refractivity contribution >= 4 is 16.9 Å². The molecule has 0 aliphatic heterocycles. The highest BCUT2D eigenvalue weighted by Crippen LogP contribution is 2.40. The smallest absolute Gasteiger partial charge is 0.287 e. The van der Waals surface area contributed by atoms with Gasteiger partial charge in [-0.3, -0.25) is 4.79 Å². The average molecular weight is 260 g/mol. The number of hydrogen-bond acceptors (Lipinski definition) is 2. The minimum absolute atomic E-state index is 0.0843. The Bertz CT molecular complexity index is 231. The van der Waals surface area contributed by atoms with Crippen LogP contribution in [0.2, 0.25) is 0 Å². The van der Waals surface area contributed by atoms with Gasteiger partial charge in [0.05, 0.1) is 0 Å². The molecular formula is C10H16F4OS. The molecule has 0 rings (SSSR count). The molecule has 6 heteroatoms. The highest BCUT2D eigenvalue weighted by atomic mass is 32.2. The van der Waals surface area contributed by atoms with Crippen LogP contribution in [-0.2, 0) is 4.79 Å². The molecule has 0 heterocycles. The minimum Gasteiger partial charge on any atom is -0.287 e. The molecule has 0 radical (unpaired) electrons. The van der Waals surface area contributed by atoms with Gasteiger partial charge in [0.1, 0.15) is 0 Å². The summed E-state index contributed by atoms with van der Waals surface area (Å²) >= 11 is 0.918.